The Hall–Kier alpha value is -3.52. The smallest absolute Gasteiger partial charge is 0.416 e. The van der Waals surface area contributed by atoms with Gasteiger partial charge in [0.2, 0.25) is 0 Å². The number of carbonyl (C=O) groups is 1. The summed E-state index contributed by atoms with van der Waals surface area (Å²) in [6.07, 6.45) is -14.1. The van der Waals surface area contributed by atoms with Crippen LogP contribution in [0.2, 0.25) is 0 Å². The highest BCUT2D eigenvalue weighted by atomic mass is 19.4. The lowest BCUT2D eigenvalue weighted by atomic mass is 9.72. The normalized spacial score (nSPS) is 22.3. The predicted octanol–water partition coefficient (Wildman–Crippen LogP) is 8.21. The summed E-state index contributed by atoms with van der Waals surface area (Å²) in [6, 6.07) is 8.58. The second-order valence-corrected chi connectivity index (χ2v) is 11.2. The number of halogens is 9. The summed E-state index contributed by atoms with van der Waals surface area (Å²) < 4.78 is 133. The van der Waals surface area contributed by atoms with Crippen LogP contribution in [0.4, 0.5) is 44.3 Å². The molecule has 1 fully saturated rings. The van der Waals surface area contributed by atoms with Crippen molar-refractivity contribution in [1.82, 2.24) is 10.2 Å². The quantitative estimate of drug-likeness (QED) is 0.231. The minimum absolute atomic E-state index is 0.0125. The molecule has 1 amide bonds. The third kappa shape index (κ3) is 8.40. The standard InChI is InChI=1S/C31H31F9N2O3/c1-28-10-8-21(29(32,33)34)15-25(28)26(16-24(41-28)9-11-45-18-19-6-4-3-5-7-19)42(27(43)44-2)17-20-12-22(30(35,36)37)14-23(13-20)31(38,39)40/h3-8,12-15,24,26,41H,9-11,16-18H2,1-2H3. The summed E-state index contributed by atoms with van der Waals surface area (Å²) in [5, 5.41) is 3.33. The lowest BCUT2D eigenvalue weighted by molar-refractivity contribution is -0.143. The Balaban J connectivity index is 1.70. The minimum Gasteiger partial charge on any atom is -0.453 e. The second kappa shape index (κ2) is 13.1. The van der Waals surface area contributed by atoms with Crippen molar-refractivity contribution in [1.29, 1.82) is 0 Å². The van der Waals surface area contributed by atoms with E-state index >= 15 is 0 Å². The number of allylic oxidation sites excluding steroid dienone is 2. The van der Waals surface area contributed by atoms with Gasteiger partial charge >= 0.3 is 24.6 Å². The maximum atomic E-state index is 13.8. The van der Waals surface area contributed by atoms with E-state index in [4.69, 9.17) is 9.47 Å². The molecular weight excluding hydrogens is 619 g/mol. The summed E-state index contributed by atoms with van der Waals surface area (Å²) >= 11 is 0. The van der Waals surface area contributed by atoms with E-state index in [1.807, 2.05) is 30.3 Å². The zero-order chi connectivity index (χ0) is 33.2. The van der Waals surface area contributed by atoms with Crippen LogP contribution in [-0.4, -0.2) is 48.5 Å². The summed E-state index contributed by atoms with van der Waals surface area (Å²) in [4.78, 5) is 14.0. The van der Waals surface area contributed by atoms with Crippen LogP contribution in [0.25, 0.3) is 0 Å². The van der Waals surface area contributed by atoms with E-state index in [1.54, 1.807) is 6.92 Å². The average Bonchev–Trinajstić information content (AvgIpc) is 2.95. The molecule has 2 aromatic rings. The molecule has 1 saturated heterocycles. The van der Waals surface area contributed by atoms with Crippen LogP contribution in [0.1, 0.15) is 48.4 Å². The van der Waals surface area contributed by atoms with Crippen molar-refractivity contribution in [2.24, 2.45) is 0 Å². The fourth-order valence-electron chi connectivity index (χ4n) is 5.73. The molecule has 3 unspecified atom stereocenters. The Morgan fingerprint density at radius 1 is 0.933 bits per heavy atom. The molecule has 1 heterocycles. The van der Waals surface area contributed by atoms with Crippen molar-refractivity contribution in [2.45, 2.75) is 75.5 Å². The lowest BCUT2D eigenvalue weighted by Gasteiger charge is -2.50. The highest BCUT2D eigenvalue weighted by molar-refractivity contribution is 5.69. The number of rotatable bonds is 8. The molecule has 2 aromatic carbocycles. The Labute approximate surface area is 253 Å². The number of hydrogen-bond donors (Lipinski definition) is 1. The van der Waals surface area contributed by atoms with Gasteiger partial charge in [0, 0.05) is 24.7 Å². The van der Waals surface area contributed by atoms with Gasteiger partial charge in [0.15, 0.2) is 0 Å². The molecule has 1 aliphatic carbocycles. The summed E-state index contributed by atoms with van der Waals surface area (Å²) in [7, 11) is 0.966. The first kappa shape index (κ1) is 34.4. The van der Waals surface area contributed by atoms with E-state index in [0.717, 1.165) is 29.7 Å². The fourth-order valence-corrected chi connectivity index (χ4v) is 5.73. The van der Waals surface area contributed by atoms with E-state index in [-0.39, 0.29) is 31.1 Å². The third-order valence-electron chi connectivity index (χ3n) is 7.90. The Morgan fingerprint density at radius 2 is 1.56 bits per heavy atom. The lowest BCUT2D eigenvalue weighted by Crippen LogP contribution is -2.62. The van der Waals surface area contributed by atoms with Crippen LogP contribution in [0.5, 0.6) is 0 Å². The van der Waals surface area contributed by atoms with Gasteiger partial charge in [-0.2, -0.15) is 39.5 Å². The van der Waals surface area contributed by atoms with Crippen molar-refractivity contribution >= 4 is 6.09 Å². The molecule has 0 spiro atoms. The average molecular weight is 651 g/mol. The van der Waals surface area contributed by atoms with Crippen molar-refractivity contribution in [3.63, 3.8) is 0 Å². The van der Waals surface area contributed by atoms with Gasteiger partial charge in [0.25, 0.3) is 0 Å². The Bertz CT molecular complexity index is 1390. The molecule has 0 aromatic heterocycles. The summed E-state index contributed by atoms with van der Waals surface area (Å²) in [5.41, 5.74) is -4.77. The fraction of sp³-hybridized carbons (Fsp3) is 0.452. The van der Waals surface area contributed by atoms with E-state index in [9.17, 15) is 44.3 Å². The predicted molar refractivity (Wildman–Crippen MR) is 146 cm³/mol. The molecule has 1 aliphatic heterocycles. The topological polar surface area (TPSA) is 50.8 Å². The van der Waals surface area contributed by atoms with Crippen LogP contribution in [-0.2, 0) is 35.0 Å². The summed E-state index contributed by atoms with van der Waals surface area (Å²) in [5.74, 6) is 0. The van der Waals surface area contributed by atoms with E-state index in [2.05, 4.69) is 5.32 Å². The SMILES string of the molecule is COC(=O)N(Cc1cc(C(F)(F)F)cc(C(F)(F)F)c1)C1CC(CCOCc2ccccc2)NC2(C)CC=C(C(F)(F)F)C=C12. The molecule has 0 radical (unpaired) electrons. The first-order valence-corrected chi connectivity index (χ1v) is 13.9. The molecule has 1 N–H and O–H groups in total. The monoisotopic (exact) mass is 650 g/mol. The molecule has 4 rings (SSSR count). The van der Waals surface area contributed by atoms with Crippen LogP contribution in [0, 0.1) is 0 Å². The van der Waals surface area contributed by atoms with E-state index < -0.39 is 71.1 Å². The number of carbonyl (C=O) groups excluding carboxylic acids is 1. The van der Waals surface area contributed by atoms with Gasteiger partial charge in [-0.3, -0.25) is 4.90 Å². The Morgan fingerprint density at radius 3 is 2.11 bits per heavy atom. The van der Waals surface area contributed by atoms with Crippen molar-refractivity contribution in [3.05, 3.63) is 94.1 Å². The second-order valence-electron chi connectivity index (χ2n) is 11.2. The van der Waals surface area contributed by atoms with Crippen molar-refractivity contribution in [2.75, 3.05) is 13.7 Å². The van der Waals surface area contributed by atoms with Crippen LogP contribution in [0.3, 0.4) is 0 Å². The molecular formula is C31H31F9N2O3. The third-order valence-corrected chi connectivity index (χ3v) is 7.90. The zero-order valence-corrected chi connectivity index (χ0v) is 24.2. The molecule has 246 valence electrons. The van der Waals surface area contributed by atoms with Gasteiger partial charge in [-0.1, -0.05) is 36.4 Å². The highest BCUT2D eigenvalue weighted by Crippen LogP contribution is 2.43. The van der Waals surface area contributed by atoms with Gasteiger partial charge in [-0.25, -0.2) is 4.79 Å². The van der Waals surface area contributed by atoms with Gasteiger partial charge in [-0.05, 0) is 67.2 Å². The highest BCUT2D eigenvalue weighted by Gasteiger charge is 2.48. The van der Waals surface area contributed by atoms with E-state index in [1.165, 1.54) is 0 Å². The summed E-state index contributed by atoms with van der Waals surface area (Å²) in [6.45, 7) is 1.36. The largest absolute Gasteiger partial charge is 0.453 e. The molecule has 2 aliphatic rings. The zero-order valence-electron chi connectivity index (χ0n) is 24.2. The van der Waals surface area contributed by atoms with Gasteiger partial charge < -0.3 is 14.8 Å². The number of methoxy groups -OCH3 is 1. The molecule has 0 bridgehead atoms. The number of nitrogens with zero attached hydrogens (tertiary/aromatic N) is 1. The molecule has 5 nitrogen and oxygen atoms in total. The van der Waals surface area contributed by atoms with Crippen molar-refractivity contribution < 1.29 is 53.8 Å². The van der Waals surface area contributed by atoms with Crippen LogP contribution < -0.4 is 5.32 Å². The maximum Gasteiger partial charge on any atom is 0.416 e. The van der Waals surface area contributed by atoms with Gasteiger partial charge in [0.05, 0.1) is 36.5 Å². The van der Waals surface area contributed by atoms with Gasteiger partial charge in [-0.15, -0.1) is 0 Å². The number of amides is 1. The first-order chi connectivity index (χ1) is 20.9. The maximum absolute atomic E-state index is 13.8. The minimum atomic E-state index is -5.14. The number of piperidine rings is 1. The number of alkyl halides is 9. The molecule has 45 heavy (non-hydrogen) atoms. The number of nitrogens with one attached hydrogen (secondary N) is 1. The molecule has 3 atom stereocenters. The Kier molecular flexibility index (Phi) is 9.98. The molecule has 0 saturated carbocycles. The van der Waals surface area contributed by atoms with E-state index in [0.29, 0.717) is 25.2 Å². The molecule has 14 heteroatoms. The van der Waals surface area contributed by atoms with Crippen LogP contribution >= 0.6 is 0 Å². The first-order valence-electron chi connectivity index (χ1n) is 13.9. The number of fused-ring (bicyclic) bond motifs is 1. The van der Waals surface area contributed by atoms with Gasteiger partial charge in [0.1, 0.15) is 0 Å². The number of hydrogen-bond acceptors (Lipinski definition) is 4. The number of ether oxygens (including phenoxy) is 2. The number of benzene rings is 2. The van der Waals surface area contributed by atoms with Crippen molar-refractivity contribution in [3.8, 4) is 0 Å². The van der Waals surface area contributed by atoms with Crippen LogP contribution in [0.15, 0.2) is 71.8 Å².